The van der Waals surface area contributed by atoms with Gasteiger partial charge in [0.2, 0.25) is 5.91 Å². The number of nitrogens with two attached hydrogens (primary N) is 1. The van der Waals surface area contributed by atoms with Crippen molar-refractivity contribution in [1.82, 2.24) is 15.3 Å². The van der Waals surface area contributed by atoms with E-state index in [4.69, 9.17) is 5.73 Å². The Labute approximate surface area is 112 Å². The highest BCUT2D eigenvalue weighted by atomic mass is 32.2. The van der Waals surface area contributed by atoms with Crippen LogP contribution < -0.4 is 11.1 Å². The maximum absolute atomic E-state index is 11.5. The second kappa shape index (κ2) is 6.70. The first-order valence-corrected chi connectivity index (χ1v) is 6.84. The molecule has 1 rings (SSSR count). The molecule has 1 heterocycles. The molecule has 0 fully saturated rings. The number of aromatic nitrogens is 2. The molecule has 2 atom stereocenters. The number of carbonyl (C=O) groups is 1. The van der Waals surface area contributed by atoms with E-state index in [0.717, 1.165) is 0 Å². The number of nitrogens with zero attached hydrogens (tertiary/aromatic N) is 2. The fraction of sp³-hybridized carbons (Fsp3) is 0.583. The largest absolute Gasteiger partial charge is 0.368 e. The van der Waals surface area contributed by atoms with Crippen LogP contribution >= 0.6 is 11.8 Å². The maximum Gasteiger partial charge on any atom is 0.237 e. The molecule has 3 N–H and O–H groups in total. The average molecular weight is 268 g/mol. The van der Waals surface area contributed by atoms with Gasteiger partial charge in [-0.2, -0.15) is 0 Å². The maximum atomic E-state index is 11.5. The number of hydrogen-bond donors (Lipinski definition) is 2. The minimum absolute atomic E-state index is 0.198. The molecule has 100 valence electrons. The minimum Gasteiger partial charge on any atom is -0.368 e. The van der Waals surface area contributed by atoms with Crippen molar-refractivity contribution in [3.63, 3.8) is 0 Å². The van der Waals surface area contributed by atoms with Gasteiger partial charge in [-0.3, -0.25) is 4.79 Å². The van der Waals surface area contributed by atoms with Crippen molar-refractivity contribution >= 4 is 17.7 Å². The van der Waals surface area contributed by atoms with Crippen LogP contribution in [0.3, 0.4) is 0 Å². The van der Waals surface area contributed by atoms with Gasteiger partial charge < -0.3 is 11.1 Å². The van der Waals surface area contributed by atoms with Crippen LogP contribution in [0.1, 0.15) is 27.2 Å². The number of likely N-dealkylation sites (N-methyl/N-ethyl adjacent to an activating group) is 1. The van der Waals surface area contributed by atoms with Gasteiger partial charge in [-0.15, -0.1) is 0 Å². The smallest absolute Gasteiger partial charge is 0.237 e. The van der Waals surface area contributed by atoms with Crippen molar-refractivity contribution < 1.29 is 4.79 Å². The highest BCUT2D eigenvalue weighted by Crippen LogP contribution is 2.25. The fourth-order valence-corrected chi connectivity index (χ4v) is 2.81. The molecule has 0 aromatic carbocycles. The number of rotatable bonds is 7. The second-order valence-electron chi connectivity index (χ2n) is 4.39. The monoisotopic (exact) mass is 268 g/mol. The van der Waals surface area contributed by atoms with Crippen molar-refractivity contribution in [1.29, 1.82) is 0 Å². The zero-order valence-electron chi connectivity index (χ0n) is 11.0. The average Bonchev–Trinajstić information content (AvgIpc) is 2.30. The van der Waals surface area contributed by atoms with E-state index in [2.05, 4.69) is 15.3 Å². The van der Waals surface area contributed by atoms with E-state index >= 15 is 0 Å². The Morgan fingerprint density at radius 3 is 2.67 bits per heavy atom. The molecule has 1 aromatic rings. The van der Waals surface area contributed by atoms with Crippen LogP contribution in [0.2, 0.25) is 0 Å². The van der Waals surface area contributed by atoms with Crippen molar-refractivity contribution in [2.75, 3.05) is 6.54 Å². The quantitative estimate of drug-likeness (QED) is 0.573. The molecular weight excluding hydrogens is 248 g/mol. The number of carbonyl (C=O) groups excluding carboxylic acids is 1. The summed E-state index contributed by atoms with van der Waals surface area (Å²) in [6.07, 6.45) is 4.05. The van der Waals surface area contributed by atoms with Crippen LogP contribution in [-0.4, -0.2) is 33.2 Å². The normalized spacial score (nSPS) is 15.9. The molecule has 0 aliphatic heterocycles. The number of thioether (sulfide) groups is 1. The zero-order valence-corrected chi connectivity index (χ0v) is 11.8. The summed E-state index contributed by atoms with van der Waals surface area (Å²) in [5.74, 6) is -0.328. The number of nitrogens with one attached hydrogen (secondary N) is 1. The number of amides is 1. The standard InChI is InChI=1S/C12H20N4OS/c1-4-16-12(3,10(13)17)8-9(2)18-11-14-6-5-7-15-11/h5-7,9,16H,4,8H2,1-3H3,(H2,13,17). The topological polar surface area (TPSA) is 80.9 Å². The Morgan fingerprint density at radius 2 is 2.17 bits per heavy atom. The van der Waals surface area contributed by atoms with Crippen molar-refractivity contribution in [2.24, 2.45) is 5.73 Å². The van der Waals surface area contributed by atoms with Crippen molar-refractivity contribution in [2.45, 2.75) is 43.1 Å². The molecule has 0 saturated carbocycles. The first-order valence-electron chi connectivity index (χ1n) is 5.96. The molecule has 1 aromatic heterocycles. The predicted octanol–water partition coefficient (Wildman–Crippen LogP) is 1.20. The molecular formula is C12H20N4OS. The molecule has 0 bridgehead atoms. The van der Waals surface area contributed by atoms with Gasteiger partial charge in [0.15, 0.2) is 5.16 Å². The first-order chi connectivity index (χ1) is 8.48. The molecule has 5 nitrogen and oxygen atoms in total. The van der Waals surface area contributed by atoms with Gasteiger partial charge in [-0.25, -0.2) is 9.97 Å². The second-order valence-corrected chi connectivity index (χ2v) is 5.80. The van der Waals surface area contributed by atoms with E-state index in [1.54, 1.807) is 30.2 Å². The van der Waals surface area contributed by atoms with Gasteiger partial charge in [-0.1, -0.05) is 25.6 Å². The molecule has 0 saturated heterocycles. The van der Waals surface area contributed by atoms with Crippen LogP contribution in [0.25, 0.3) is 0 Å². The lowest BCUT2D eigenvalue weighted by molar-refractivity contribution is -0.124. The van der Waals surface area contributed by atoms with E-state index in [9.17, 15) is 4.79 Å². The molecule has 1 amide bonds. The lowest BCUT2D eigenvalue weighted by atomic mass is 9.95. The van der Waals surface area contributed by atoms with Gasteiger partial charge in [0.25, 0.3) is 0 Å². The summed E-state index contributed by atoms with van der Waals surface area (Å²) >= 11 is 1.54. The van der Waals surface area contributed by atoms with Gasteiger partial charge in [-0.05, 0) is 26.0 Å². The number of hydrogen-bond acceptors (Lipinski definition) is 5. The van der Waals surface area contributed by atoms with E-state index in [1.807, 2.05) is 20.8 Å². The zero-order chi connectivity index (χ0) is 13.6. The van der Waals surface area contributed by atoms with Crippen LogP contribution in [-0.2, 0) is 4.79 Å². The Balaban J connectivity index is 2.62. The summed E-state index contributed by atoms with van der Waals surface area (Å²) in [5.41, 5.74) is 4.77. The third-order valence-electron chi connectivity index (χ3n) is 2.66. The number of primary amides is 1. The molecule has 0 spiro atoms. The first kappa shape index (κ1) is 14.9. The molecule has 0 radical (unpaired) electrons. The summed E-state index contributed by atoms with van der Waals surface area (Å²) in [4.78, 5) is 19.8. The molecule has 18 heavy (non-hydrogen) atoms. The highest BCUT2D eigenvalue weighted by Gasteiger charge is 2.32. The van der Waals surface area contributed by atoms with E-state index in [0.29, 0.717) is 18.1 Å². The van der Waals surface area contributed by atoms with E-state index < -0.39 is 5.54 Å². The van der Waals surface area contributed by atoms with Crippen LogP contribution in [0.15, 0.2) is 23.6 Å². The van der Waals surface area contributed by atoms with Gasteiger partial charge in [0.1, 0.15) is 0 Å². The summed E-state index contributed by atoms with van der Waals surface area (Å²) in [6.45, 7) is 6.54. The lowest BCUT2D eigenvalue weighted by Crippen LogP contribution is -2.54. The highest BCUT2D eigenvalue weighted by molar-refractivity contribution is 7.99. The van der Waals surface area contributed by atoms with Crippen LogP contribution in [0, 0.1) is 0 Å². The Kier molecular flexibility index (Phi) is 5.55. The van der Waals surface area contributed by atoms with Crippen molar-refractivity contribution in [3.05, 3.63) is 18.5 Å². The molecule has 6 heteroatoms. The fourth-order valence-electron chi connectivity index (χ4n) is 1.79. The van der Waals surface area contributed by atoms with Crippen LogP contribution in [0.4, 0.5) is 0 Å². The Hall–Kier alpha value is -1.14. The van der Waals surface area contributed by atoms with Crippen LogP contribution in [0.5, 0.6) is 0 Å². The third kappa shape index (κ3) is 4.27. The summed E-state index contributed by atoms with van der Waals surface area (Å²) in [5, 5.41) is 4.06. The van der Waals surface area contributed by atoms with Gasteiger partial charge >= 0.3 is 0 Å². The molecule has 0 aliphatic rings. The van der Waals surface area contributed by atoms with Gasteiger partial charge in [0.05, 0.1) is 5.54 Å². The molecule has 0 aliphatic carbocycles. The lowest BCUT2D eigenvalue weighted by Gasteiger charge is -2.29. The van der Waals surface area contributed by atoms with Gasteiger partial charge in [0, 0.05) is 17.6 Å². The minimum atomic E-state index is -0.685. The van der Waals surface area contributed by atoms with Crippen molar-refractivity contribution in [3.8, 4) is 0 Å². The summed E-state index contributed by atoms with van der Waals surface area (Å²) < 4.78 is 0. The van der Waals surface area contributed by atoms with E-state index in [-0.39, 0.29) is 11.2 Å². The third-order valence-corrected chi connectivity index (χ3v) is 3.65. The Morgan fingerprint density at radius 1 is 1.56 bits per heavy atom. The predicted molar refractivity (Wildman–Crippen MR) is 73.2 cm³/mol. The summed E-state index contributed by atoms with van der Waals surface area (Å²) in [6, 6.07) is 1.78. The molecule has 2 unspecified atom stereocenters. The summed E-state index contributed by atoms with van der Waals surface area (Å²) in [7, 11) is 0. The van der Waals surface area contributed by atoms with E-state index in [1.165, 1.54) is 0 Å². The SMILES string of the molecule is CCNC(C)(CC(C)Sc1ncccn1)C(N)=O. The Bertz CT molecular complexity index is 387.